The molecule has 102 valence electrons. The lowest BCUT2D eigenvalue weighted by Gasteiger charge is -2.15. The molecule has 0 aliphatic carbocycles. The maximum atomic E-state index is 4.41. The Bertz CT molecular complexity index is 685. The summed E-state index contributed by atoms with van der Waals surface area (Å²) in [6.45, 7) is 0. The summed E-state index contributed by atoms with van der Waals surface area (Å²) in [5, 5.41) is 11.5. The van der Waals surface area contributed by atoms with Gasteiger partial charge in [0.25, 0.3) is 0 Å². The van der Waals surface area contributed by atoms with Gasteiger partial charge in [-0.05, 0) is 19.2 Å². The van der Waals surface area contributed by atoms with Gasteiger partial charge in [-0.1, -0.05) is 23.4 Å². The highest BCUT2D eigenvalue weighted by molar-refractivity contribution is 5.33. The molecule has 6 heteroatoms. The Morgan fingerprint density at radius 1 is 1.20 bits per heavy atom. The second kappa shape index (κ2) is 5.26. The smallest absolute Gasteiger partial charge is 0.0956 e. The van der Waals surface area contributed by atoms with Crippen LogP contribution in [0, 0.1) is 0 Å². The molecular weight excluding hydrogens is 252 g/mol. The molecule has 6 nitrogen and oxygen atoms in total. The molecule has 2 heterocycles. The normalized spacial score (nSPS) is 12.5. The van der Waals surface area contributed by atoms with Crippen LogP contribution in [0.4, 0.5) is 0 Å². The molecule has 0 fully saturated rings. The van der Waals surface area contributed by atoms with Crippen molar-refractivity contribution < 1.29 is 0 Å². The molecule has 0 spiro atoms. The second-order valence-corrected chi connectivity index (χ2v) is 4.59. The van der Waals surface area contributed by atoms with Crippen molar-refractivity contribution in [1.82, 2.24) is 29.9 Å². The van der Waals surface area contributed by atoms with E-state index in [4.69, 9.17) is 0 Å². The SMILES string of the molecule is CNC(c1cn(C)cn1)c1cnnn1-c1ccccc1. The van der Waals surface area contributed by atoms with Gasteiger partial charge < -0.3 is 9.88 Å². The van der Waals surface area contributed by atoms with E-state index in [1.165, 1.54) is 0 Å². The van der Waals surface area contributed by atoms with E-state index in [1.54, 1.807) is 12.5 Å². The van der Waals surface area contributed by atoms with Crippen molar-refractivity contribution in [3.63, 3.8) is 0 Å². The van der Waals surface area contributed by atoms with Crippen LogP contribution in [0.15, 0.2) is 49.1 Å². The van der Waals surface area contributed by atoms with E-state index in [1.807, 2.05) is 59.9 Å². The number of para-hydroxylation sites is 1. The Labute approximate surface area is 117 Å². The predicted molar refractivity (Wildman–Crippen MR) is 75.5 cm³/mol. The number of aryl methyl sites for hydroxylation is 1. The minimum absolute atomic E-state index is 0.0496. The Balaban J connectivity index is 2.04. The van der Waals surface area contributed by atoms with Gasteiger partial charge in [-0.25, -0.2) is 9.67 Å². The standard InChI is InChI=1S/C14H16N6/c1-15-14(12-9-19(2)10-16-12)13-8-17-18-20(13)11-6-4-3-5-7-11/h3-10,14-15H,1-2H3. The molecule has 0 saturated heterocycles. The van der Waals surface area contributed by atoms with E-state index in [0.29, 0.717) is 0 Å². The summed E-state index contributed by atoms with van der Waals surface area (Å²) in [4.78, 5) is 4.41. The lowest BCUT2D eigenvalue weighted by Crippen LogP contribution is -2.21. The monoisotopic (exact) mass is 268 g/mol. The van der Waals surface area contributed by atoms with Crippen LogP contribution in [-0.2, 0) is 7.05 Å². The summed E-state index contributed by atoms with van der Waals surface area (Å²) in [6.07, 6.45) is 5.54. The van der Waals surface area contributed by atoms with Crippen LogP contribution in [-0.4, -0.2) is 31.6 Å². The summed E-state index contributed by atoms with van der Waals surface area (Å²) < 4.78 is 3.76. The van der Waals surface area contributed by atoms with Crippen LogP contribution < -0.4 is 5.32 Å². The fourth-order valence-corrected chi connectivity index (χ4v) is 2.24. The molecule has 2 aromatic heterocycles. The van der Waals surface area contributed by atoms with Crippen LogP contribution in [0.2, 0.25) is 0 Å². The molecule has 3 aromatic rings. The minimum Gasteiger partial charge on any atom is -0.340 e. The van der Waals surface area contributed by atoms with E-state index in [0.717, 1.165) is 17.1 Å². The van der Waals surface area contributed by atoms with Gasteiger partial charge in [0, 0.05) is 13.2 Å². The number of hydrogen-bond acceptors (Lipinski definition) is 4. The molecule has 1 atom stereocenters. The van der Waals surface area contributed by atoms with Crippen molar-refractivity contribution >= 4 is 0 Å². The minimum atomic E-state index is -0.0496. The number of imidazole rings is 1. The molecule has 0 aliphatic heterocycles. The summed E-state index contributed by atoms with van der Waals surface area (Å²) in [6, 6.07) is 9.90. The zero-order valence-electron chi connectivity index (χ0n) is 11.4. The van der Waals surface area contributed by atoms with Gasteiger partial charge in [0.15, 0.2) is 0 Å². The van der Waals surface area contributed by atoms with E-state index < -0.39 is 0 Å². The molecule has 0 bridgehead atoms. The highest BCUT2D eigenvalue weighted by Crippen LogP contribution is 2.21. The first-order valence-corrected chi connectivity index (χ1v) is 6.40. The third-order valence-corrected chi connectivity index (χ3v) is 3.18. The number of aromatic nitrogens is 5. The molecule has 3 rings (SSSR count). The Hall–Kier alpha value is -2.47. The first kappa shape index (κ1) is 12.6. The molecule has 1 N–H and O–H groups in total. The van der Waals surface area contributed by atoms with Crippen LogP contribution in [0.25, 0.3) is 5.69 Å². The van der Waals surface area contributed by atoms with Crippen LogP contribution >= 0.6 is 0 Å². The number of benzene rings is 1. The summed E-state index contributed by atoms with van der Waals surface area (Å²) >= 11 is 0. The number of nitrogens with zero attached hydrogens (tertiary/aromatic N) is 5. The molecule has 1 aromatic carbocycles. The van der Waals surface area contributed by atoms with Gasteiger partial charge in [0.1, 0.15) is 0 Å². The van der Waals surface area contributed by atoms with Crippen LogP contribution in [0.5, 0.6) is 0 Å². The largest absolute Gasteiger partial charge is 0.340 e. The van der Waals surface area contributed by atoms with Gasteiger partial charge in [0.2, 0.25) is 0 Å². The average molecular weight is 268 g/mol. The second-order valence-electron chi connectivity index (χ2n) is 4.59. The average Bonchev–Trinajstić information content (AvgIpc) is 3.11. The molecule has 0 radical (unpaired) electrons. The topological polar surface area (TPSA) is 60.6 Å². The number of rotatable bonds is 4. The first-order valence-electron chi connectivity index (χ1n) is 6.40. The van der Waals surface area contributed by atoms with Gasteiger partial charge in [-0.15, -0.1) is 5.10 Å². The first-order chi connectivity index (χ1) is 9.79. The molecule has 0 aliphatic rings. The summed E-state index contributed by atoms with van der Waals surface area (Å²) in [5.74, 6) is 0. The Kier molecular flexibility index (Phi) is 3.30. The summed E-state index contributed by atoms with van der Waals surface area (Å²) in [7, 11) is 3.86. The van der Waals surface area contributed by atoms with E-state index in [2.05, 4.69) is 20.6 Å². The zero-order valence-corrected chi connectivity index (χ0v) is 11.4. The zero-order chi connectivity index (χ0) is 13.9. The van der Waals surface area contributed by atoms with Gasteiger partial charge in [0.05, 0.1) is 35.6 Å². The third-order valence-electron chi connectivity index (χ3n) is 3.18. The van der Waals surface area contributed by atoms with Gasteiger partial charge >= 0.3 is 0 Å². The molecule has 0 amide bonds. The van der Waals surface area contributed by atoms with Crippen molar-refractivity contribution in [2.75, 3.05) is 7.05 Å². The Morgan fingerprint density at radius 2 is 2.00 bits per heavy atom. The number of hydrogen-bond donors (Lipinski definition) is 1. The van der Waals surface area contributed by atoms with Crippen molar-refractivity contribution in [2.24, 2.45) is 7.05 Å². The Morgan fingerprint density at radius 3 is 2.65 bits per heavy atom. The summed E-state index contributed by atoms with van der Waals surface area (Å²) in [5.41, 5.74) is 2.88. The van der Waals surface area contributed by atoms with Crippen LogP contribution in [0.3, 0.4) is 0 Å². The van der Waals surface area contributed by atoms with Gasteiger partial charge in [-0.2, -0.15) is 0 Å². The van der Waals surface area contributed by atoms with E-state index in [-0.39, 0.29) is 6.04 Å². The van der Waals surface area contributed by atoms with Crippen molar-refractivity contribution in [3.05, 3.63) is 60.4 Å². The molecule has 0 saturated carbocycles. The highest BCUT2D eigenvalue weighted by Gasteiger charge is 2.20. The lowest BCUT2D eigenvalue weighted by molar-refractivity contribution is 0.621. The number of nitrogens with one attached hydrogen (secondary N) is 1. The van der Waals surface area contributed by atoms with Crippen LogP contribution in [0.1, 0.15) is 17.4 Å². The van der Waals surface area contributed by atoms with Gasteiger partial charge in [-0.3, -0.25) is 0 Å². The predicted octanol–water partition coefficient (Wildman–Crippen LogP) is 1.31. The molecular formula is C14H16N6. The lowest BCUT2D eigenvalue weighted by atomic mass is 10.1. The van der Waals surface area contributed by atoms with Crippen molar-refractivity contribution in [1.29, 1.82) is 0 Å². The fourth-order valence-electron chi connectivity index (χ4n) is 2.24. The van der Waals surface area contributed by atoms with Crippen molar-refractivity contribution in [2.45, 2.75) is 6.04 Å². The quantitative estimate of drug-likeness (QED) is 0.775. The highest BCUT2D eigenvalue weighted by atomic mass is 15.4. The third kappa shape index (κ3) is 2.21. The fraction of sp³-hybridized carbons (Fsp3) is 0.214. The van der Waals surface area contributed by atoms with E-state index in [9.17, 15) is 0 Å². The maximum absolute atomic E-state index is 4.41. The molecule has 20 heavy (non-hydrogen) atoms. The molecule has 1 unspecified atom stereocenters. The maximum Gasteiger partial charge on any atom is 0.0956 e. The van der Waals surface area contributed by atoms with Crippen molar-refractivity contribution in [3.8, 4) is 5.69 Å². The van der Waals surface area contributed by atoms with E-state index >= 15 is 0 Å².